The summed E-state index contributed by atoms with van der Waals surface area (Å²) in [6.07, 6.45) is 2.90. The molecule has 2 N–H and O–H groups in total. The van der Waals surface area contributed by atoms with Crippen LogP contribution in [-0.2, 0) is 16.6 Å². The molecule has 2 rings (SSSR count). The van der Waals surface area contributed by atoms with Gasteiger partial charge < -0.3 is 5.32 Å². The fourth-order valence-electron chi connectivity index (χ4n) is 1.73. The molecule has 1 aliphatic rings. The van der Waals surface area contributed by atoms with Gasteiger partial charge in [0.2, 0.25) is 10.0 Å². The summed E-state index contributed by atoms with van der Waals surface area (Å²) in [6.45, 7) is 5.69. The van der Waals surface area contributed by atoms with Gasteiger partial charge >= 0.3 is 0 Å². The second-order valence-electron chi connectivity index (χ2n) is 5.19. The van der Waals surface area contributed by atoms with Gasteiger partial charge in [-0.3, -0.25) is 0 Å². The third-order valence-electron chi connectivity index (χ3n) is 3.10. The molecule has 0 atom stereocenters. The SMILES string of the molecule is CCCNCc1cc(S(=O)(=O)NC2(C)CC2)c(Br)s1. The highest BCUT2D eigenvalue weighted by atomic mass is 79.9. The molecule has 1 aromatic rings. The van der Waals surface area contributed by atoms with Gasteiger partial charge in [-0.05, 0) is 54.7 Å². The summed E-state index contributed by atoms with van der Waals surface area (Å²) in [5.74, 6) is 0. The van der Waals surface area contributed by atoms with Crippen LogP contribution in [-0.4, -0.2) is 20.5 Å². The quantitative estimate of drug-likeness (QED) is 0.729. The Morgan fingerprint density at radius 1 is 1.47 bits per heavy atom. The molecule has 0 aliphatic heterocycles. The van der Waals surface area contributed by atoms with E-state index in [-0.39, 0.29) is 5.54 Å². The maximum atomic E-state index is 12.3. The first-order valence-electron chi connectivity index (χ1n) is 6.39. The Morgan fingerprint density at radius 3 is 2.74 bits per heavy atom. The van der Waals surface area contributed by atoms with E-state index in [0.29, 0.717) is 15.2 Å². The summed E-state index contributed by atoms with van der Waals surface area (Å²) in [5.41, 5.74) is -0.235. The van der Waals surface area contributed by atoms with Gasteiger partial charge in [0.15, 0.2) is 0 Å². The molecule has 108 valence electrons. The lowest BCUT2D eigenvalue weighted by Crippen LogP contribution is -2.34. The Kier molecular flexibility index (Phi) is 4.72. The minimum Gasteiger partial charge on any atom is -0.312 e. The zero-order valence-electron chi connectivity index (χ0n) is 11.1. The molecular formula is C12H19BrN2O2S2. The molecule has 0 bridgehead atoms. The van der Waals surface area contributed by atoms with E-state index in [2.05, 4.69) is 32.9 Å². The molecule has 1 saturated carbocycles. The number of halogens is 1. The average Bonchev–Trinajstić information content (AvgIpc) is 2.87. The van der Waals surface area contributed by atoms with E-state index < -0.39 is 10.0 Å². The second kappa shape index (κ2) is 5.81. The smallest absolute Gasteiger partial charge is 0.243 e. The third kappa shape index (κ3) is 4.01. The van der Waals surface area contributed by atoms with Crippen molar-refractivity contribution in [2.24, 2.45) is 0 Å². The van der Waals surface area contributed by atoms with Crippen LogP contribution in [0.5, 0.6) is 0 Å². The van der Waals surface area contributed by atoms with Crippen molar-refractivity contribution >= 4 is 37.3 Å². The second-order valence-corrected chi connectivity index (χ2v) is 9.30. The Balaban J connectivity index is 2.11. The van der Waals surface area contributed by atoms with Crippen molar-refractivity contribution in [1.82, 2.24) is 10.0 Å². The number of sulfonamides is 1. The van der Waals surface area contributed by atoms with Crippen LogP contribution in [0.3, 0.4) is 0 Å². The van der Waals surface area contributed by atoms with Crippen molar-refractivity contribution in [1.29, 1.82) is 0 Å². The van der Waals surface area contributed by atoms with E-state index in [1.807, 2.05) is 6.92 Å². The predicted molar refractivity (Wildman–Crippen MR) is 82.0 cm³/mol. The highest BCUT2D eigenvalue weighted by molar-refractivity contribution is 9.11. The van der Waals surface area contributed by atoms with Crippen molar-refractivity contribution in [3.05, 3.63) is 14.7 Å². The molecule has 0 radical (unpaired) electrons. The van der Waals surface area contributed by atoms with Crippen molar-refractivity contribution in [3.8, 4) is 0 Å². The molecule has 0 spiro atoms. The van der Waals surface area contributed by atoms with E-state index in [1.54, 1.807) is 6.07 Å². The van der Waals surface area contributed by atoms with Crippen LogP contribution in [0, 0.1) is 0 Å². The summed E-state index contributed by atoms with van der Waals surface area (Å²) in [7, 11) is -3.41. The maximum absolute atomic E-state index is 12.3. The van der Waals surface area contributed by atoms with Crippen molar-refractivity contribution in [3.63, 3.8) is 0 Å². The molecule has 1 aliphatic carbocycles. The van der Waals surface area contributed by atoms with Gasteiger partial charge in [0.05, 0.1) is 3.79 Å². The lowest BCUT2D eigenvalue weighted by atomic mass is 10.4. The monoisotopic (exact) mass is 366 g/mol. The normalized spacial score (nSPS) is 17.6. The Labute approximate surface area is 127 Å². The highest BCUT2D eigenvalue weighted by Gasteiger charge is 2.41. The molecule has 0 amide bonds. The standard InChI is InChI=1S/C12H19BrN2O2S2/c1-3-6-14-8-9-7-10(11(13)18-9)19(16,17)15-12(2)4-5-12/h7,14-15H,3-6,8H2,1-2H3. The third-order valence-corrected chi connectivity index (χ3v) is 6.99. The fraction of sp³-hybridized carbons (Fsp3) is 0.667. The first kappa shape index (κ1) is 15.4. The number of hydrogen-bond acceptors (Lipinski definition) is 4. The van der Waals surface area contributed by atoms with Crippen LogP contribution in [0.4, 0.5) is 0 Å². The molecule has 0 saturated heterocycles. The van der Waals surface area contributed by atoms with E-state index in [9.17, 15) is 8.42 Å². The molecule has 19 heavy (non-hydrogen) atoms. The van der Waals surface area contributed by atoms with Crippen LogP contribution >= 0.6 is 27.3 Å². The topological polar surface area (TPSA) is 58.2 Å². The lowest BCUT2D eigenvalue weighted by Gasteiger charge is -2.11. The molecule has 4 nitrogen and oxygen atoms in total. The fourth-order valence-corrected chi connectivity index (χ4v) is 5.84. The zero-order valence-corrected chi connectivity index (χ0v) is 14.3. The Bertz CT molecular complexity index is 550. The molecule has 1 heterocycles. The van der Waals surface area contributed by atoms with Crippen molar-refractivity contribution in [2.45, 2.75) is 50.1 Å². The van der Waals surface area contributed by atoms with Gasteiger partial charge in [-0.15, -0.1) is 11.3 Å². The van der Waals surface area contributed by atoms with E-state index in [4.69, 9.17) is 0 Å². The minimum atomic E-state index is -3.41. The summed E-state index contributed by atoms with van der Waals surface area (Å²) in [4.78, 5) is 1.39. The van der Waals surface area contributed by atoms with Gasteiger partial charge in [-0.1, -0.05) is 6.92 Å². The summed E-state index contributed by atoms with van der Waals surface area (Å²) in [5, 5.41) is 3.28. The molecule has 1 aromatic heterocycles. The van der Waals surface area contributed by atoms with Gasteiger partial charge in [-0.2, -0.15) is 0 Å². The van der Waals surface area contributed by atoms with Gasteiger partial charge in [0.1, 0.15) is 4.90 Å². The van der Waals surface area contributed by atoms with Crippen LogP contribution in [0.1, 0.15) is 38.0 Å². The molecule has 1 fully saturated rings. The van der Waals surface area contributed by atoms with Gasteiger partial charge in [0.25, 0.3) is 0 Å². The molecule has 0 aromatic carbocycles. The van der Waals surface area contributed by atoms with Crippen molar-refractivity contribution < 1.29 is 8.42 Å². The van der Waals surface area contributed by atoms with Gasteiger partial charge in [-0.25, -0.2) is 13.1 Å². The highest BCUT2D eigenvalue weighted by Crippen LogP contribution is 2.38. The van der Waals surface area contributed by atoms with Gasteiger partial charge in [0, 0.05) is 17.0 Å². The van der Waals surface area contributed by atoms with Crippen LogP contribution < -0.4 is 10.0 Å². The van der Waals surface area contributed by atoms with E-state index >= 15 is 0 Å². The first-order valence-corrected chi connectivity index (χ1v) is 9.48. The summed E-state index contributed by atoms with van der Waals surface area (Å²) >= 11 is 4.83. The minimum absolute atomic E-state index is 0.235. The van der Waals surface area contributed by atoms with Crippen LogP contribution in [0.15, 0.2) is 14.7 Å². The Hall–Kier alpha value is 0.0500. The Morgan fingerprint density at radius 2 is 2.16 bits per heavy atom. The number of rotatable bonds is 7. The first-order chi connectivity index (χ1) is 8.86. The number of thiophene rings is 1. The van der Waals surface area contributed by atoms with E-state index in [0.717, 1.165) is 30.7 Å². The summed E-state index contributed by atoms with van der Waals surface area (Å²) < 4.78 is 28.0. The average molecular weight is 367 g/mol. The summed E-state index contributed by atoms with van der Waals surface area (Å²) in [6, 6.07) is 1.76. The van der Waals surface area contributed by atoms with Crippen LogP contribution in [0.25, 0.3) is 0 Å². The molecule has 0 unspecified atom stereocenters. The lowest BCUT2D eigenvalue weighted by molar-refractivity contribution is 0.558. The largest absolute Gasteiger partial charge is 0.312 e. The van der Waals surface area contributed by atoms with E-state index in [1.165, 1.54) is 11.3 Å². The maximum Gasteiger partial charge on any atom is 0.243 e. The van der Waals surface area contributed by atoms with Crippen LogP contribution in [0.2, 0.25) is 0 Å². The zero-order chi connectivity index (χ0) is 14.1. The number of nitrogens with one attached hydrogen (secondary N) is 2. The number of hydrogen-bond donors (Lipinski definition) is 2. The molecular weight excluding hydrogens is 348 g/mol. The van der Waals surface area contributed by atoms with Crippen molar-refractivity contribution in [2.75, 3.05) is 6.54 Å². The molecule has 7 heteroatoms. The predicted octanol–water partition coefficient (Wildman–Crippen LogP) is 2.84.